The number of ether oxygens (including phenoxy) is 2. The summed E-state index contributed by atoms with van der Waals surface area (Å²) < 4.78 is 48.9. The number of aromatic nitrogens is 1. The maximum atomic E-state index is 12.8. The fourth-order valence-corrected chi connectivity index (χ4v) is 3.83. The van der Waals surface area contributed by atoms with Crippen molar-refractivity contribution < 1.29 is 27.4 Å². The molecule has 7 heteroatoms. The highest BCUT2D eigenvalue weighted by Gasteiger charge is 2.37. The number of hydrogen-bond acceptors (Lipinski definition) is 3. The van der Waals surface area contributed by atoms with Crippen molar-refractivity contribution in [1.29, 1.82) is 0 Å². The average molecular weight is 431 g/mol. The number of hydrogen-bond donors (Lipinski definition) is 1. The van der Waals surface area contributed by atoms with Crippen LogP contribution in [0.2, 0.25) is 0 Å². The van der Waals surface area contributed by atoms with Crippen molar-refractivity contribution in [1.82, 2.24) is 4.98 Å². The monoisotopic (exact) mass is 431 g/mol. The summed E-state index contributed by atoms with van der Waals surface area (Å²) >= 11 is 0. The summed E-state index contributed by atoms with van der Waals surface area (Å²) in [7, 11) is 0. The van der Waals surface area contributed by atoms with Gasteiger partial charge in [0.2, 0.25) is 0 Å². The minimum absolute atomic E-state index is 0.182. The number of halogens is 3. The van der Waals surface area contributed by atoms with Crippen LogP contribution in [0.3, 0.4) is 0 Å². The van der Waals surface area contributed by atoms with Gasteiger partial charge in [-0.15, -0.1) is 0 Å². The fraction of sp³-hybridized carbons (Fsp3) is 0.375. The highest BCUT2D eigenvalue weighted by Crippen LogP contribution is 2.32. The van der Waals surface area contributed by atoms with Gasteiger partial charge in [-0.05, 0) is 53.9 Å². The molecule has 0 radical (unpaired) electrons. The van der Waals surface area contributed by atoms with Crippen LogP contribution in [0.1, 0.15) is 30.0 Å². The molecule has 0 saturated carbocycles. The zero-order valence-electron chi connectivity index (χ0n) is 17.2. The number of carbonyl (C=O) groups excluding carboxylic acids is 1. The highest BCUT2D eigenvalue weighted by atomic mass is 19.4. The van der Waals surface area contributed by atoms with Crippen molar-refractivity contribution in [2.75, 3.05) is 19.8 Å². The van der Waals surface area contributed by atoms with Gasteiger partial charge >= 0.3 is 6.18 Å². The van der Waals surface area contributed by atoms with E-state index >= 15 is 0 Å². The molecule has 31 heavy (non-hydrogen) atoms. The third kappa shape index (κ3) is 4.77. The molecule has 4 rings (SSSR count). The number of rotatable bonds is 7. The van der Waals surface area contributed by atoms with Crippen LogP contribution in [-0.4, -0.2) is 30.6 Å². The molecular formula is C24H24F3NO3. The van der Waals surface area contributed by atoms with Crippen molar-refractivity contribution in [2.45, 2.75) is 32.4 Å². The number of alkyl halides is 3. The lowest BCUT2D eigenvalue weighted by atomic mass is 9.82. The Morgan fingerprint density at radius 3 is 2.65 bits per heavy atom. The summed E-state index contributed by atoms with van der Waals surface area (Å²) in [5, 5.41) is 1.00. The molecule has 0 aliphatic carbocycles. The molecule has 1 atom stereocenters. The summed E-state index contributed by atoms with van der Waals surface area (Å²) in [5.74, 6) is 0.580. The van der Waals surface area contributed by atoms with Gasteiger partial charge < -0.3 is 14.5 Å². The predicted molar refractivity (Wildman–Crippen MR) is 111 cm³/mol. The van der Waals surface area contributed by atoms with E-state index < -0.39 is 17.2 Å². The van der Waals surface area contributed by atoms with Crippen molar-refractivity contribution in [3.8, 4) is 5.75 Å². The first-order valence-corrected chi connectivity index (χ1v) is 10.2. The molecule has 4 nitrogen and oxygen atoms in total. The van der Waals surface area contributed by atoms with E-state index in [4.69, 9.17) is 9.47 Å². The van der Waals surface area contributed by atoms with Gasteiger partial charge in [0, 0.05) is 36.5 Å². The molecule has 3 aromatic rings. The maximum Gasteiger partial charge on any atom is 0.416 e. The standard InChI is InChI=1S/C24H24F3NO3/c1-23(9-11-30-15-23)22(29)13-17-14-28-21-7-2-16(12-20(17)21)8-10-31-19-5-3-18(4-6-19)24(25,26)27/h2-7,12,14,28H,8-11,13,15H2,1H3. The Balaban J connectivity index is 1.40. The molecule has 1 N–H and O–H groups in total. The van der Waals surface area contributed by atoms with Gasteiger partial charge in [0.15, 0.2) is 0 Å². The van der Waals surface area contributed by atoms with Gasteiger partial charge in [0.25, 0.3) is 0 Å². The number of fused-ring (bicyclic) bond motifs is 1. The van der Waals surface area contributed by atoms with E-state index in [0.717, 1.165) is 40.6 Å². The summed E-state index contributed by atoms with van der Waals surface area (Å²) in [6, 6.07) is 10.7. The smallest absolute Gasteiger partial charge is 0.416 e. The fourth-order valence-electron chi connectivity index (χ4n) is 3.83. The summed E-state index contributed by atoms with van der Waals surface area (Å²) in [5.41, 5.74) is 1.83. The number of carbonyl (C=O) groups is 1. The van der Waals surface area contributed by atoms with Crippen LogP contribution in [0.4, 0.5) is 13.2 Å². The highest BCUT2D eigenvalue weighted by molar-refractivity contribution is 5.92. The number of nitrogens with one attached hydrogen (secondary N) is 1. The van der Waals surface area contributed by atoms with E-state index in [1.807, 2.05) is 31.3 Å². The van der Waals surface area contributed by atoms with Crippen molar-refractivity contribution in [3.05, 3.63) is 65.4 Å². The van der Waals surface area contributed by atoms with E-state index in [-0.39, 0.29) is 5.78 Å². The first kappa shape index (κ1) is 21.4. The minimum Gasteiger partial charge on any atom is -0.493 e. The Labute approximate surface area is 178 Å². The van der Waals surface area contributed by atoms with Gasteiger partial charge in [-0.25, -0.2) is 0 Å². The molecule has 1 fully saturated rings. The Morgan fingerprint density at radius 1 is 1.19 bits per heavy atom. The number of H-pyrrole nitrogens is 1. The van der Waals surface area contributed by atoms with Crippen LogP contribution in [0.25, 0.3) is 10.9 Å². The van der Waals surface area contributed by atoms with Crippen LogP contribution in [0, 0.1) is 5.41 Å². The molecule has 1 aliphatic heterocycles. The van der Waals surface area contributed by atoms with Crippen molar-refractivity contribution in [3.63, 3.8) is 0 Å². The van der Waals surface area contributed by atoms with Crippen LogP contribution in [0.5, 0.6) is 5.75 Å². The Kier molecular flexibility index (Phi) is 5.79. The largest absolute Gasteiger partial charge is 0.493 e. The lowest BCUT2D eigenvalue weighted by molar-refractivity contribution is -0.137. The van der Waals surface area contributed by atoms with Crippen LogP contribution in [0.15, 0.2) is 48.7 Å². The zero-order chi connectivity index (χ0) is 22.1. The lowest BCUT2D eigenvalue weighted by Crippen LogP contribution is -2.29. The van der Waals surface area contributed by atoms with Gasteiger partial charge in [-0.2, -0.15) is 13.2 Å². The molecule has 2 heterocycles. The minimum atomic E-state index is -4.36. The maximum absolute atomic E-state index is 12.8. The van der Waals surface area contributed by atoms with Gasteiger partial charge in [-0.1, -0.05) is 13.0 Å². The lowest BCUT2D eigenvalue weighted by Gasteiger charge is -2.19. The number of benzene rings is 2. The molecule has 1 unspecified atom stereocenters. The zero-order valence-corrected chi connectivity index (χ0v) is 17.2. The average Bonchev–Trinajstić information content (AvgIpc) is 3.35. The molecule has 0 amide bonds. The first-order valence-electron chi connectivity index (χ1n) is 10.2. The predicted octanol–water partition coefficient (Wildman–Crippen LogP) is 5.35. The molecule has 0 bridgehead atoms. The summed E-state index contributed by atoms with van der Waals surface area (Å²) in [6.07, 6.45) is -0.775. The molecule has 0 spiro atoms. The Bertz CT molecular complexity index is 1060. The van der Waals surface area contributed by atoms with Crippen LogP contribution < -0.4 is 4.74 Å². The van der Waals surface area contributed by atoms with Gasteiger partial charge in [-0.3, -0.25) is 4.79 Å². The van der Waals surface area contributed by atoms with E-state index in [0.29, 0.717) is 38.4 Å². The molecular weight excluding hydrogens is 407 g/mol. The number of ketones is 1. The van der Waals surface area contributed by atoms with E-state index in [1.54, 1.807) is 0 Å². The van der Waals surface area contributed by atoms with E-state index in [9.17, 15) is 18.0 Å². The Morgan fingerprint density at radius 2 is 1.97 bits per heavy atom. The van der Waals surface area contributed by atoms with Gasteiger partial charge in [0.1, 0.15) is 11.5 Å². The molecule has 2 aromatic carbocycles. The molecule has 1 saturated heterocycles. The summed E-state index contributed by atoms with van der Waals surface area (Å²) in [6.45, 7) is 3.39. The van der Waals surface area contributed by atoms with Crippen molar-refractivity contribution in [2.24, 2.45) is 5.41 Å². The summed E-state index contributed by atoms with van der Waals surface area (Å²) in [4.78, 5) is 16.0. The normalized spacial score (nSPS) is 19.1. The third-order valence-electron chi connectivity index (χ3n) is 5.92. The number of Topliss-reactive ketones (excluding diaryl/α,β-unsaturated/α-hetero) is 1. The SMILES string of the molecule is CC1(C(=O)Cc2c[nH]c3ccc(CCOc4ccc(C(F)(F)F)cc4)cc23)CCOC1. The Hall–Kier alpha value is -2.80. The topological polar surface area (TPSA) is 51.3 Å². The second kappa shape index (κ2) is 8.38. The van der Waals surface area contributed by atoms with Crippen LogP contribution >= 0.6 is 0 Å². The molecule has 1 aliphatic rings. The number of aromatic amines is 1. The third-order valence-corrected chi connectivity index (χ3v) is 5.92. The molecule has 164 valence electrons. The second-order valence-electron chi connectivity index (χ2n) is 8.28. The molecule has 1 aromatic heterocycles. The van der Waals surface area contributed by atoms with Crippen molar-refractivity contribution >= 4 is 16.7 Å². The second-order valence-corrected chi connectivity index (χ2v) is 8.28. The van der Waals surface area contributed by atoms with E-state index in [1.165, 1.54) is 12.1 Å². The first-order chi connectivity index (χ1) is 14.7. The quantitative estimate of drug-likeness (QED) is 0.549. The van der Waals surface area contributed by atoms with Crippen LogP contribution in [-0.2, 0) is 28.5 Å². The van der Waals surface area contributed by atoms with E-state index in [2.05, 4.69) is 4.98 Å². The van der Waals surface area contributed by atoms with Gasteiger partial charge in [0.05, 0.1) is 24.2 Å².